The number of carbonyl (C=O) groups is 1. The smallest absolute Gasteiger partial charge is 0.290 e. The van der Waals surface area contributed by atoms with Crippen molar-refractivity contribution in [3.8, 4) is 11.5 Å². The van der Waals surface area contributed by atoms with Crippen molar-refractivity contribution in [1.29, 1.82) is 0 Å². The summed E-state index contributed by atoms with van der Waals surface area (Å²) in [6, 6.07) is 22.1. The lowest BCUT2D eigenvalue weighted by molar-refractivity contribution is 0.0708. The molecule has 0 N–H and O–H groups in total. The molecule has 36 heavy (non-hydrogen) atoms. The van der Waals surface area contributed by atoms with Gasteiger partial charge in [-0.15, -0.1) is 0 Å². The molecule has 0 fully saturated rings. The predicted molar refractivity (Wildman–Crippen MR) is 141 cm³/mol. The van der Waals surface area contributed by atoms with E-state index in [0.29, 0.717) is 35.4 Å². The maximum absolute atomic E-state index is 13.8. The van der Waals surface area contributed by atoms with E-state index in [2.05, 4.69) is 18.7 Å². The molecule has 0 saturated carbocycles. The zero-order valence-corrected chi connectivity index (χ0v) is 20.9. The highest BCUT2D eigenvalue weighted by Gasteiger charge is 2.42. The number of rotatable bonds is 8. The Hall–Kier alpha value is -3.90. The summed E-state index contributed by atoms with van der Waals surface area (Å²) in [6.07, 6.45) is 0. The number of nitrogens with zero attached hydrogens (tertiary/aromatic N) is 2. The van der Waals surface area contributed by atoms with Gasteiger partial charge in [-0.3, -0.25) is 9.59 Å². The van der Waals surface area contributed by atoms with Gasteiger partial charge in [0.15, 0.2) is 5.43 Å². The second kappa shape index (κ2) is 9.99. The standard InChI is InChI=1S/C30H30N2O4/c1-4-31(5-2)16-17-32-27(21-10-9-13-23(19-21)35-22-11-7-6-8-12-22)26-28(33)24-18-20(3)14-15-25(24)36-29(26)30(32)34/h6-15,18-19,27H,4-5,16-17H2,1-3H3. The molecule has 1 amide bonds. The molecule has 4 aromatic rings. The first kappa shape index (κ1) is 23.8. The lowest BCUT2D eigenvalue weighted by atomic mass is 9.98. The van der Waals surface area contributed by atoms with Gasteiger partial charge in [0.25, 0.3) is 5.91 Å². The average molecular weight is 483 g/mol. The quantitative estimate of drug-likeness (QED) is 0.319. The van der Waals surface area contributed by atoms with Crippen molar-refractivity contribution in [1.82, 2.24) is 9.80 Å². The molecule has 1 aromatic heterocycles. The fourth-order valence-electron chi connectivity index (χ4n) is 4.87. The van der Waals surface area contributed by atoms with Crippen LogP contribution in [0.4, 0.5) is 0 Å². The number of amides is 1. The first-order valence-electron chi connectivity index (χ1n) is 12.4. The molecule has 0 radical (unpaired) electrons. The summed E-state index contributed by atoms with van der Waals surface area (Å²) < 4.78 is 12.1. The van der Waals surface area contributed by atoms with Crippen molar-refractivity contribution in [2.24, 2.45) is 0 Å². The molecule has 0 bridgehead atoms. The number of para-hydroxylation sites is 1. The van der Waals surface area contributed by atoms with Crippen molar-refractivity contribution in [3.63, 3.8) is 0 Å². The third-order valence-electron chi connectivity index (χ3n) is 6.83. The third-order valence-corrected chi connectivity index (χ3v) is 6.83. The van der Waals surface area contributed by atoms with Gasteiger partial charge in [0, 0.05) is 13.1 Å². The van der Waals surface area contributed by atoms with E-state index in [-0.39, 0.29) is 17.1 Å². The molecule has 0 spiro atoms. The molecule has 1 aliphatic heterocycles. The van der Waals surface area contributed by atoms with Gasteiger partial charge in [-0.1, -0.05) is 55.8 Å². The average Bonchev–Trinajstić information content (AvgIpc) is 3.17. The van der Waals surface area contributed by atoms with Crippen LogP contribution in [0.3, 0.4) is 0 Å². The molecular weight excluding hydrogens is 452 g/mol. The molecular formula is C30H30N2O4. The minimum atomic E-state index is -0.552. The molecule has 1 atom stereocenters. The zero-order valence-electron chi connectivity index (χ0n) is 20.9. The maximum Gasteiger partial charge on any atom is 0.290 e. The fraction of sp³-hybridized carbons (Fsp3) is 0.267. The summed E-state index contributed by atoms with van der Waals surface area (Å²) in [5, 5.41) is 0.494. The molecule has 0 aliphatic carbocycles. The molecule has 184 valence electrons. The highest BCUT2D eigenvalue weighted by atomic mass is 16.5. The van der Waals surface area contributed by atoms with Crippen LogP contribution >= 0.6 is 0 Å². The fourth-order valence-corrected chi connectivity index (χ4v) is 4.87. The van der Waals surface area contributed by atoms with Crippen LogP contribution in [0.25, 0.3) is 11.0 Å². The van der Waals surface area contributed by atoms with E-state index in [9.17, 15) is 9.59 Å². The van der Waals surface area contributed by atoms with E-state index in [1.807, 2.05) is 73.7 Å². The van der Waals surface area contributed by atoms with Crippen LogP contribution in [0.1, 0.15) is 47.1 Å². The van der Waals surface area contributed by atoms with Crippen LogP contribution in [-0.4, -0.2) is 41.9 Å². The number of fused-ring (bicyclic) bond motifs is 2. The Morgan fingerprint density at radius 2 is 1.67 bits per heavy atom. The Morgan fingerprint density at radius 3 is 2.42 bits per heavy atom. The van der Waals surface area contributed by atoms with Crippen LogP contribution in [0.5, 0.6) is 11.5 Å². The van der Waals surface area contributed by atoms with Gasteiger partial charge in [0.2, 0.25) is 5.76 Å². The topological polar surface area (TPSA) is 63.0 Å². The maximum atomic E-state index is 13.8. The normalized spacial score (nSPS) is 15.1. The van der Waals surface area contributed by atoms with E-state index in [0.717, 1.165) is 30.0 Å². The van der Waals surface area contributed by atoms with Crippen LogP contribution in [0, 0.1) is 6.92 Å². The Labute approximate surface area is 210 Å². The Kier molecular flexibility index (Phi) is 6.61. The molecule has 5 rings (SSSR count). The second-order valence-electron chi connectivity index (χ2n) is 9.09. The molecule has 6 nitrogen and oxygen atoms in total. The Bertz CT molecular complexity index is 1460. The van der Waals surface area contributed by atoms with E-state index < -0.39 is 6.04 Å². The Balaban J connectivity index is 1.62. The van der Waals surface area contributed by atoms with Gasteiger partial charge >= 0.3 is 0 Å². The summed E-state index contributed by atoms with van der Waals surface area (Å²) in [5.74, 6) is 1.24. The highest BCUT2D eigenvalue weighted by Crippen LogP contribution is 2.39. The van der Waals surface area contributed by atoms with E-state index in [1.165, 1.54) is 0 Å². The largest absolute Gasteiger partial charge is 0.457 e. The number of aryl methyl sites for hydroxylation is 1. The molecule has 0 saturated heterocycles. The molecule has 1 unspecified atom stereocenters. The van der Waals surface area contributed by atoms with Gasteiger partial charge in [0.05, 0.1) is 17.0 Å². The van der Waals surface area contributed by atoms with Crippen molar-refractivity contribution in [2.45, 2.75) is 26.8 Å². The second-order valence-corrected chi connectivity index (χ2v) is 9.09. The summed E-state index contributed by atoms with van der Waals surface area (Å²) in [6.45, 7) is 9.10. The SMILES string of the molecule is CCN(CC)CCN1C(=O)c2oc3ccc(C)cc3c(=O)c2C1c1cccc(Oc2ccccc2)c1. The third kappa shape index (κ3) is 4.40. The van der Waals surface area contributed by atoms with Crippen LogP contribution in [0.15, 0.2) is 82.0 Å². The van der Waals surface area contributed by atoms with Gasteiger partial charge < -0.3 is 19.0 Å². The van der Waals surface area contributed by atoms with Gasteiger partial charge in [-0.05, 0) is 62.0 Å². The van der Waals surface area contributed by atoms with Crippen LogP contribution in [-0.2, 0) is 0 Å². The first-order valence-corrected chi connectivity index (χ1v) is 12.4. The molecule has 1 aliphatic rings. The summed E-state index contributed by atoms with van der Waals surface area (Å²) in [5.41, 5.74) is 2.45. The minimum Gasteiger partial charge on any atom is -0.457 e. The molecule has 2 heterocycles. The lowest BCUT2D eigenvalue weighted by Gasteiger charge is -2.28. The van der Waals surface area contributed by atoms with E-state index >= 15 is 0 Å². The highest BCUT2D eigenvalue weighted by molar-refractivity contribution is 5.99. The van der Waals surface area contributed by atoms with E-state index in [1.54, 1.807) is 11.0 Å². The van der Waals surface area contributed by atoms with Crippen molar-refractivity contribution in [2.75, 3.05) is 26.2 Å². The summed E-state index contributed by atoms with van der Waals surface area (Å²) in [7, 11) is 0. The predicted octanol–water partition coefficient (Wildman–Crippen LogP) is 5.78. The number of carbonyl (C=O) groups excluding carboxylic acids is 1. The number of likely N-dealkylation sites (N-methyl/N-ethyl adjacent to an activating group) is 1. The zero-order chi connectivity index (χ0) is 25.2. The van der Waals surface area contributed by atoms with Crippen molar-refractivity contribution < 1.29 is 13.9 Å². The first-order chi connectivity index (χ1) is 17.5. The van der Waals surface area contributed by atoms with Gasteiger partial charge in [-0.2, -0.15) is 0 Å². The number of hydrogen-bond acceptors (Lipinski definition) is 5. The Morgan fingerprint density at radius 1 is 0.917 bits per heavy atom. The molecule has 6 heteroatoms. The summed E-state index contributed by atoms with van der Waals surface area (Å²) >= 11 is 0. The van der Waals surface area contributed by atoms with E-state index in [4.69, 9.17) is 9.15 Å². The monoisotopic (exact) mass is 482 g/mol. The van der Waals surface area contributed by atoms with Gasteiger partial charge in [-0.25, -0.2) is 0 Å². The lowest BCUT2D eigenvalue weighted by Crippen LogP contribution is -2.37. The van der Waals surface area contributed by atoms with Crippen LogP contribution < -0.4 is 10.2 Å². The summed E-state index contributed by atoms with van der Waals surface area (Å²) in [4.78, 5) is 31.5. The number of ether oxygens (including phenoxy) is 1. The van der Waals surface area contributed by atoms with Crippen LogP contribution in [0.2, 0.25) is 0 Å². The minimum absolute atomic E-state index is 0.135. The molecule has 3 aromatic carbocycles. The van der Waals surface area contributed by atoms with Gasteiger partial charge in [0.1, 0.15) is 17.1 Å². The van der Waals surface area contributed by atoms with Crippen molar-refractivity contribution in [3.05, 3.63) is 105 Å². The number of benzene rings is 3. The van der Waals surface area contributed by atoms with Crippen molar-refractivity contribution >= 4 is 16.9 Å². The number of hydrogen-bond donors (Lipinski definition) is 0.